The van der Waals surface area contributed by atoms with Gasteiger partial charge in [-0.25, -0.2) is 0 Å². The van der Waals surface area contributed by atoms with Crippen molar-refractivity contribution in [2.45, 2.75) is 64.2 Å². The topological polar surface area (TPSA) is 90.5 Å². The van der Waals surface area contributed by atoms with Crippen molar-refractivity contribution in [2.75, 3.05) is 13.1 Å². The lowest BCUT2D eigenvalue weighted by Crippen LogP contribution is -2.60. The van der Waals surface area contributed by atoms with E-state index in [9.17, 15) is 14.4 Å². The second-order valence-corrected chi connectivity index (χ2v) is 6.27. The Labute approximate surface area is 131 Å². The first kappa shape index (κ1) is 16.7. The number of fused-ring (bicyclic) bond motifs is 1. The third kappa shape index (κ3) is 3.76. The second-order valence-electron chi connectivity index (χ2n) is 6.27. The van der Waals surface area contributed by atoms with E-state index < -0.39 is 18.1 Å². The summed E-state index contributed by atoms with van der Waals surface area (Å²) in [6.45, 7) is 6.38. The molecule has 0 aromatic heterocycles. The second kappa shape index (κ2) is 7.09. The molecule has 2 rings (SSSR count). The average molecular weight is 310 g/mol. The number of nitrogens with zero attached hydrogens (tertiary/aromatic N) is 1. The molecule has 2 heterocycles. The molecule has 0 aromatic carbocycles. The third-order valence-corrected chi connectivity index (χ3v) is 4.44. The highest BCUT2D eigenvalue weighted by atomic mass is 16.2. The largest absolute Gasteiger partial charge is 0.343 e. The highest BCUT2D eigenvalue weighted by Gasteiger charge is 2.32. The lowest BCUT2D eigenvalue weighted by molar-refractivity contribution is -0.140. The van der Waals surface area contributed by atoms with E-state index in [4.69, 9.17) is 0 Å². The number of carbonyl (C=O) groups is 3. The van der Waals surface area contributed by atoms with Gasteiger partial charge in [-0.1, -0.05) is 0 Å². The van der Waals surface area contributed by atoms with E-state index >= 15 is 0 Å². The molecule has 7 nitrogen and oxygen atoms in total. The van der Waals surface area contributed by atoms with Crippen LogP contribution < -0.4 is 16.0 Å². The predicted octanol–water partition coefficient (Wildman–Crippen LogP) is -0.631. The Morgan fingerprint density at radius 2 is 1.55 bits per heavy atom. The molecule has 0 spiro atoms. The predicted molar refractivity (Wildman–Crippen MR) is 82.0 cm³/mol. The molecule has 3 N–H and O–H groups in total. The van der Waals surface area contributed by atoms with Crippen LogP contribution in [-0.4, -0.2) is 59.9 Å². The maximum absolute atomic E-state index is 12.6. The fraction of sp³-hybridized carbons (Fsp3) is 0.800. The summed E-state index contributed by atoms with van der Waals surface area (Å²) in [5.41, 5.74) is 0. The summed E-state index contributed by atoms with van der Waals surface area (Å²) in [6.07, 6.45) is 2.98. The number of piperidine rings is 1. The van der Waals surface area contributed by atoms with Gasteiger partial charge in [-0.2, -0.15) is 0 Å². The number of nitrogens with one attached hydrogen (secondary N) is 3. The van der Waals surface area contributed by atoms with Gasteiger partial charge in [0, 0.05) is 19.1 Å². The van der Waals surface area contributed by atoms with Crippen molar-refractivity contribution < 1.29 is 14.4 Å². The van der Waals surface area contributed by atoms with Crippen LogP contribution in [-0.2, 0) is 14.4 Å². The Kier molecular flexibility index (Phi) is 5.39. The Balaban J connectivity index is 2.19. The van der Waals surface area contributed by atoms with Crippen molar-refractivity contribution in [3.05, 3.63) is 0 Å². The molecule has 0 aliphatic carbocycles. The van der Waals surface area contributed by atoms with Crippen molar-refractivity contribution in [1.82, 2.24) is 20.9 Å². The van der Waals surface area contributed by atoms with Crippen molar-refractivity contribution >= 4 is 17.7 Å². The molecule has 0 unspecified atom stereocenters. The summed E-state index contributed by atoms with van der Waals surface area (Å²) >= 11 is 0. The van der Waals surface area contributed by atoms with Gasteiger partial charge in [0.1, 0.15) is 12.1 Å². The summed E-state index contributed by atoms with van der Waals surface area (Å²) < 4.78 is 0. The fourth-order valence-corrected chi connectivity index (χ4v) is 2.96. The zero-order chi connectivity index (χ0) is 16.3. The summed E-state index contributed by atoms with van der Waals surface area (Å²) in [6, 6.07) is -1.56. The van der Waals surface area contributed by atoms with Gasteiger partial charge >= 0.3 is 0 Å². The quantitative estimate of drug-likeness (QED) is 0.555. The third-order valence-electron chi connectivity index (χ3n) is 4.44. The first-order valence-corrected chi connectivity index (χ1v) is 8.04. The molecule has 0 aromatic rings. The van der Waals surface area contributed by atoms with E-state index in [1.165, 1.54) is 0 Å². The minimum atomic E-state index is -0.663. The summed E-state index contributed by atoms with van der Waals surface area (Å²) in [5, 5.41) is 8.55. The van der Waals surface area contributed by atoms with Crippen LogP contribution in [0.5, 0.6) is 0 Å². The summed E-state index contributed by atoms with van der Waals surface area (Å²) in [5.74, 6) is -0.591. The lowest BCUT2D eigenvalue weighted by atomic mass is 10.0. The van der Waals surface area contributed by atoms with Gasteiger partial charge in [0.2, 0.25) is 17.7 Å². The van der Waals surface area contributed by atoms with E-state index in [2.05, 4.69) is 16.0 Å². The molecule has 7 heteroatoms. The molecule has 2 saturated heterocycles. The van der Waals surface area contributed by atoms with Gasteiger partial charge in [0.15, 0.2) is 0 Å². The van der Waals surface area contributed by atoms with Crippen LogP contribution in [0.1, 0.15) is 40.0 Å². The van der Waals surface area contributed by atoms with Crippen LogP contribution in [0, 0.1) is 0 Å². The van der Waals surface area contributed by atoms with Gasteiger partial charge in [-0.05, 0) is 40.0 Å². The van der Waals surface area contributed by atoms with Crippen LogP contribution >= 0.6 is 0 Å². The minimum absolute atomic E-state index is 0.0494. The van der Waals surface area contributed by atoms with E-state index in [0.29, 0.717) is 13.1 Å². The molecule has 0 bridgehead atoms. The van der Waals surface area contributed by atoms with Crippen LogP contribution in [0.25, 0.3) is 0 Å². The standard InChI is InChI=1S/C15H26N4O3/c1-9-13(20)17-10(2)14(21)18-11(3)15(22)19-7-5-4-6-12(19)8-16-9/h9-12,16H,4-8H2,1-3H3,(H,17,20)(H,18,21)/t9-,10-,11-,12+/m0/s1. The Morgan fingerprint density at radius 3 is 2.27 bits per heavy atom. The Hall–Kier alpha value is -1.63. The number of amides is 3. The maximum atomic E-state index is 12.6. The zero-order valence-corrected chi connectivity index (χ0v) is 13.5. The first-order chi connectivity index (χ1) is 10.4. The molecule has 0 saturated carbocycles. The van der Waals surface area contributed by atoms with Crippen molar-refractivity contribution in [2.24, 2.45) is 0 Å². The molecular weight excluding hydrogens is 284 g/mol. The number of carbonyl (C=O) groups excluding carboxylic acids is 3. The van der Waals surface area contributed by atoms with Crippen molar-refractivity contribution in [3.8, 4) is 0 Å². The SMILES string of the molecule is C[C@@H]1NC[C@H]2CCCCN2C(=O)[C@H](C)NC(=O)[C@H](C)NC1=O. The van der Waals surface area contributed by atoms with Gasteiger partial charge in [0.05, 0.1) is 6.04 Å². The highest BCUT2D eigenvalue weighted by Crippen LogP contribution is 2.18. The van der Waals surface area contributed by atoms with Gasteiger partial charge in [-0.3, -0.25) is 14.4 Å². The summed E-state index contributed by atoms with van der Waals surface area (Å²) in [4.78, 5) is 38.6. The van der Waals surface area contributed by atoms with Crippen LogP contribution in [0.2, 0.25) is 0 Å². The van der Waals surface area contributed by atoms with E-state index in [0.717, 1.165) is 19.3 Å². The van der Waals surface area contributed by atoms with Crippen molar-refractivity contribution in [3.63, 3.8) is 0 Å². The van der Waals surface area contributed by atoms with E-state index in [1.54, 1.807) is 20.8 Å². The molecule has 0 radical (unpaired) electrons. The highest BCUT2D eigenvalue weighted by molar-refractivity contribution is 5.92. The maximum Gasteiger partial charge on any atom is 0.245 e. The monoisotopic (exact) mass is 310 g/mol. The van der Waals surface area contributed by atoms with Crippen LogP contribution in [0.15, 0.2) is 0 Å². The number of hydrogen-bond acceptors (Lipinski definition) is 4. The van der Waals surface area contributed by atoms with Gasteiger partial charge in [-0.15, -0.1) is 0 Å². The van der Waals surface area contributed by atoms with Gasteiger partial charge in [0.25, 0.3) is 0 Å². The summed E-state index contributed by atoms with van der Waals surface area (Å²) in [7, 11) is 0. The normalized spacial score (nSPS) is 34.9. The molecular formula is C15H26N4O3. The number of rotatable bonds is 0. The molecule has 2 aliphatic heterocycles. The zero-order valence-electron chi connectivity index (χ0n) is 13.5. The average Bonchev–Trinajstić information content (AvgIpc) is 2.50. The Morgan fingerprint density at radius 1 is 0.909 bits per heavy atom. The van der Waals surface area contributed by atoms with E-state index in [1.807, 2.05) is 4.90 Å². The molecule has 4 atom stereocenters. The van der Waals surface area contributed by atoms with Crippen LogP contribution in [0.3, 0.4) is 0 Å². The van der Waals surface area contributed by atoms with E-state index in [-0.39, 0.29) is 23.8 Å². The molecule has 2 fully saturated rings. The number of hydrogen-bond donors (Lipinski definition) is 3. The lowest BCUT2D eigenvalue weighted by Gasteiger charge is -2.38. The molecule has 2 aliphatic rings. The fourth-order valence-electron chi connectivity index (χ4n) is 2.96. The van der Waals surface area contributed by atoms with Gasteiger partial charge < -0.3 is 20.9 Å². The van der Waals surface area contributed by atoms with Crippen LogP contribution in [0.4, 0.5) is 0 Å². The molecule has 3 amide bonds. The molecule has 22 heavy (non-hydrogen) atoms. The minimum Gasteiger partial charge on any atom is -0.343 e. The smallest absolute Gasteiger partial charge is 0.245 e. The van der Waals surface area contributed by atoms with Crippen molar-refractivity contribution in [1.29, 1.82) is 0 Å². The first-order valence-electron chi connectivity index (χ1n) is 8.04. The molecule has 124 valence electrons. The Bertz CT molecular complexity index is 454.